The molecule has 1 aliphatic heterocycles. The molecule has 2 aromatic carbocycles. The van der Waals surface area contributed by atoms with Gasteiger partial charge in [-0.25, -0.2) is 4.39 Å². The Kier molecular flexibility index (Phi) is 4.83. The molecule has 5 heteroatoms. The first-order chi connectivity index (χ1) is 12.0. The van der Waals surface area contributed by atoms with Gasteiger partial charge in [0, 0.05) is 25.1 Å². The van der Waals surface area contributed by atoms with E-state index in [2.05, 4.69) is 5.32 Å². The zero-order valence-corrected chi connectivity index (χ0v) is 14.2. The molecule has 0 spiro atoms. The number of benzene rings is 2. The molecule has 1 saturated heterocycles. The van der Waals surface area contributed by atoms with Gasteiger partial charge in [0.2, 0.25) is 11.8 Å². The predicted molar refractivity (Wildman–Crippen MR) is 92.9 cm³/mol. The first-order valence-corrected chi connectivity index (χ1v) is 8.37. The van der Waals surface area contributed by atoms with Crippen LogP contribution in [-0.4, -0.2) is 22.3 Å². The van der Waals surface area contributed by atoms with E-state index in [9.17, 15) is 14.0 Å². The second-order valence-electron chi connectivity index (χ2n) is 6.51. The molecule has 1 fully saturated rings. The normalized spacial score (nSPS) is 19.9. The number of hydrogen-bond acceptors (Lipinski definition) is 2. The lowest BCUT2D eigenvalue weighted by Crippen LogP contribution is -2.54. The Bertz CT molecular complexity index is 778. The van der Waals surface area contributed by atoms with Crippen LogP contribution in [0.1, 0.15) is 30.9 Å². The van der Waals surface area contributed by atoms with Crippen LogP contribution in [0.15, 0.2) is 54.6 Å². The highest BCUT2D eigenvalue weighted by Crippen LogP contribution is 2.32. The minimum Gasteiger partial charge on any atom is -0.350 e. The molecule has 0 radical (unpaired) electrons. The van der Waals surface area contributed by atoms with E-state index in [4.69, 9.17) is 0 Å². The Labute approximate surface area is 146 Å². The number of amides is 2. The van der Waals surface area contributed by atoms with Crippen LogP contribution in [0.3, 0.4) is 0 Å². The highest BCUT2D eigenvalue weighted by molar-refractivity contribution is 5.94. The minimum absolute atomic E-state index is 0.0980. The van der Waals surface area contributed by atoms with E-state index in [1.54, 1.807) is 25.1 Å². The van der Waals surface area contributed by atoms with Crippen LogP contribution in [0.2, 0.25) is 0 Å². The Balaban J connectivity index is 1.74. The maximum Gasteiger partial charge on any atom is 0.245 e. The number of nitrogens with one attached hydrogen (secondary N) is 1. The van der Waals surface area contributed by atoms with Crippen molar-refractivity contribution in [2.24, 2.45) is 0 Å². The third-order valence-electron chi connectivity index (χ3n) is 4.79. The van der Waals surface area contributed by atoms with Gasteiger partial charge >= 0.3 is 0 Å². The van der Waals surface area contributed by atoms with E-state index in [-0.39, 0.29) is 24.2 Å². The van der Waals surface area contributed by atoms with Crippen molar-refractivity contribution in [3.05, 3.63) is 71.5 Å². The molecule has 2 amide bonds. The summed E-state index contributed by atoms with van der Waals surface area (Å²) in [4.78, 5) is 26.6. The van der Waals surface area contributed by atoms with Gasteiger partial charge in [-0.1, -0.05) is 48.5 Å². The standard InChI is InChI=1S/C20H21FN2O2/c1-20(19(25)22-13-15-7-3-2-4-8-15)12-11-18(24)23(20)14-16-9-5-6-10-17(16)21/h2-10H,11-14H2,1H3,(H,22,25)/t20-/m1/s1. The van der Waals surface area contributed by atoms with E-state index in [1.165, 1.54) is 11.0 Å². The molecule has 0 bridgehead atoms. The molecular weight excluding hydrogens is 319 g/mol. The van der Waals surface area contributed by atoms with Gasteiger partial charge in [-0.2, -0.15) is 0 Å². The summed E-state index contributed by atoms with van der Waals surface area (Å²) in [6.45, 7) is 2.25. The lowest BCUT2D eigenvalue weighted by Gasteiger charge is -2.34. The van der Waals surface area contributed by atoms with E-state index in [1.807, 2.05) is 30.3 Å². The van der Waals surface area contributed by atoms with Crippen LogP contribution in [0.5, 0.6) is 0 Å². The van der Waals surface area contributed by atoms with Gasteiger partial charge in [-0.3, -0.25) is 9.59 Å². The first kappa shape index (κ1) is 17.1. The molecule has 3 rings (SSSR count). The third-order valence-corrected chi connectivity index (χ3v) is 4.79. The van der Waals surface area contributed by atoms with Crippen LogP contribution < -0.4 is 5.32 Å². The number of carbonyl (C=O) groups is 2. The van der Waals surface area contributed by atoms with Gasteiger partial charge in [0.15, 0.2) is 0 Å². The lowest BCUT2D eigenvalue weighted by molar-refractivity contribution is -0.141. The van der Waals surface area contributed by atoms with Gasteiger partial charge in [-0.15, -0.1) is 0 Å². The van der Waals surface area contributed by atoms with Crippen molar-refractivity contribution in [2.45, 2.75) is 38.4 Å². The molecule has 0 saturated carbocycles. The number of carbonyl (C=O) groups excluding carboxylic acids is 2. The van der Waals surface area contributed by atoms with Gasteiger partial charge in [0.1, 0.15) is 11.4 Å². The Morgan fingerprint density at radius 3 is 2.56 bits per heavy atom. The van der Waals surface area contributed by atoms with Crippen LogP contribution >= 0.6 is 0 Å². The molecule has 1 aliphatic rings. The summed E-state index contributed by atoms with van der Waals surface area (Å²) >= 11 is 0. The highest BCUT2D eigenvalue weighted by atomic mass is 19.1. The van der Waals surface area contributed by atoms with Crippen molar-refractivity contribution in [2.75, 3.05) is 0 Å². The van der Waals surface area contributed by atoms with Crippen LogP contribution in [0, 0.1) is 5.82 Å². The fraction of sp³-hybridized carbons (Fsp3) is 0.300. The summed E-state index contributed by atoms with van der Waals surface area (Å²) < 4.78 is 14.0. The predicted octanol–water partition coefficient (Wildman–Crippen LogP) is 3.02. The average molecular weight is 340 g/mol. The molecule has 0 aromatic heterocycles. The summed E-state index contributed by atoms with van der Waals surface area (Å²) in [5.74, 6) is -0.701. The van der Waals surface area contributed by atoms with Crippen molar-refractivity contribution in [1.82, 2.24) is 10.2 Å². The minimum atomic E-state index is -0.964. The topological polar surface area (TPSA) is 49.4 Å². The molecular formula is C20H21FN2O2. The molecule has 0 unspecified atom stereocenters. The van der Waals surface area contributed by atoms with Crippen molar-refractivity contribution < 1.29 is 14.0 Å². The molecule has 130 valence electrons. The van der Waals surface area contributed by atoms with Crippen molar-refractivity contribution >= 4 is 11.8 Å². The molecule has 1 N–H and O–H groups in total. The number of likely N-dealkylation sites (tertiary alicyclic amines) is 1. The lowest BCUT2D eigenvalue weighted by atomic mass is 9.97. The smallest absolute Gasteiger partial charge is 0.245 e. The summed E-state index contributed by atoms with van der Waals surface area (Å²) in [5, 5.41) is 2.91. The number of halogens is 1. The van der Waals surface area contributed by atoms with E-state index in [0.29, 0.717) is 24.9 Å². The summed E-state index contributed by atoms with van der Waals surface area (Å²) in [7, 11) is 0. The number of hydrogen-bond donors (Lipinski definition) is 1. The van der Waals surface area contributed by atoms with E-state index >= 15 is 0 Å². The Morgan fingerprint density at radius 2 is 1.84 bits per heavy atom. The molecule has 1 heterocycles. The zero-order chi connectivity index (χ0) is 17.9. The van der Waals surface area contributed by atoms with Crippen LogP contribution in [-0.2, 0) is 22.7 Å². The largest absolute Gasteiger partial charge is 0.350 e. The summed E-state index contributed by atoms with van der Waals surface area (Å²) in [6, 6.07) is 15.9. The monoisotopic (exact) mass is 340 g/mol. The summed E-state index contributed by atoms with van der Waals surface area (Å²) in [6.07, 6.45) is 0.727. The molecule has 1 atom stereocenters. The van der Waals surface area contributed by atoms with Crippen molar-refractivity contribution in [3.63, 3.8) is 0 Å². The number of nitrogens with zero attached hydrogens (tertiary/aromatic N) is 1. The van der Waals surface area contributed by atoms with Crippen molar-refractivity contribution in [3.8, 4) is 0 Å². The fourth-order valence-corrected chi connectivity index (χ4v) is 3.16. The Hall–Kier alpha value is -2.69. The number of rotatable bonds is 5. The molecule has 4 nitrogen and oxygen atoms in total. The van der Waals surface area contributed by atoms with Crippen LogP contribution in [0.4, 0.5) is 4.39 Å². The maximum absolute atomic E-state index is 14.0. The van der Waals surface area contributed by atoms with Gasteiger partial charge in [0.05, 0.1) is 0 Å². The molecule has 25 heavy (non-hydrogen) atoms. The zero-order valence-electron chi connectivity index (χ0n) is 14.2. The van der Waals surface area contributed by atoms with Crippen LogP contribution in [0.25, 0.3) is 0 Å². The van der Waals surface area contributed by atoms with Gasteiger partial charge < -0.3 is 10.2 Å². The van der Waals surface area contributed by atoms with Gasteiger partial charge in [-0.05, 0) is 25.0 Å². The second kappa shape index (κ2) is 7.05. The highest BCUT2D eigenvalue weighted by Gasteiger charge is 2.47. The average Bonchev–Trinajstić information content (AvgIpc) is 2.92. The molecule has 2 aromatic rings. The van der Waals surface area contributed by atoms with Crippen molar-refractivity contribution in [1.29, 1.82) is 0 Å². The quantitative estimate of drug-likeness (QED) is 0.909. The Morgan fingerprint density at radius 1 is 1.16 bits per heavy atom. The van der Waals surface area contributed by atoms with Gasteiger partial charge in [0.25, 0.3) is 0 Å². The second-order valence-corrected chi connectivity index (χ2v) is 6.51. The third kappa shape index (κ3) is 3.55. The molecule has 0 aliphatic carbocycles. The van der Waals surface area contributed by atoms with E-state index < -0.39 is 5.54 Å². The summed E-state index contributed by atoms with van der Waals surface area (Å²) in [5.41, 5.74) is 0.443. The first-order valence-electron chi connectivity index (χ1n) is 8.37. The van der Waals surface area contributed by atoms with E-state index in [0.717, 1.165) is 5.56 Å². The fourth-order valence-electron chi connectivity index (χ4n) is 3.16. The SMILES string of the molecule is C[C@]1(C(=O)NCc2ccccc2)CCC(=O)N1Cc1ccccc1F. The maximum atomic E-state index is 14.0.